The summed E-state index contributed by atoms with van der Waals surface area (Å²) in [6.07, 6.45) is -4.29. The van der Waals surface area contributed by atoms with Gasteiger partial charge in [-0.15, -0.1) is 0 Å². The molecule has 0 aliphatic carbocycles. The Labute approximate surface area is 93.4 Å². The summed E-state index contributed by atoms with van der Waals surface area (Å²) in [6.45, 7) is 0.884. The van der Waals surface area contributed by atoms with Crippen molar-refractivity contribution in [2.24, 2.45) is 5.73 Å². The highest BCUT2D eigenvalue weighted by molar-refractivity contribution is 5.73. The van der Waals surface area contributed by atoms with Gasteiger partial charge in [0, 0.05) is 14.0 Å². The van der Waals surface area contributed by atoms with Crippen molar-refractivity contribution in [3.05, 3.63) is 0 Å². The Balaban J connectivity index is 2.82. The lowest BCUT2D eigenvalue weighted by atomic mass is 9.96. The third-order valence-corrected chi connectivity index (χ3v) is 2.83. The minimum Gasteiger partial charge on any atom is -0.394 e. The van der Waals surface area contributed by atoms with E-state index in [1.165, 1.54) is 18.9 Å². The van der Waals surface area contributed by atoms with Crippen molar-refractivity contribution in [2.75, 3.05) is 13.7 Å². The molecule has 5 atom stereocenters. The minimum atomic E-state index is -1.25. The van der Waals surface area contributed by atoms with Crippen LogP contribution in [-0.2, 0) is 9.53 Å². The van der Waals surface area contributed by atoms with E-state index in [9.17, 15) is 15.0 Å². The number of hydrogen-bond acceptors (Lipinski definition) is 6. The van der Waals surface area contributed by atoms with Crippen molar-refractivity contribution in [2.45, 2.75) is 37.5 Å². The predicted octanol–water partition coefficient (Wildman–Crippen LogP) is -2.77. The highest BCUT2D eigenvalue weighted by Gasteiger charge is 2.44. The first-order valence-electron chi connectivity index (χ1n) is 5.01. The number of aliphatic hydroxyl groups excluding tert-OH is 3. The van der Waals surface area contributed by atoms with E-state index in [1.54, 1.807) is 0 Å². The summed E-state index contributed by atoms with van der Waals surface area (Å²) >= 11 is 0. The van der Waals surface area contributed by atoms with Gasteiger partial charge in [-0.3, -0.25) is 4.79 Å². The standard InChI is InChI=1S/C9H18N2O5/c1-4(13)11(2)9-6(10)8(15)7(14)5(3-12)16-9/h5-9,12,14-15H,3,10H2,1-2H3. The molecule has 1 saturated heterocycles. The van der Waals surface area contributed by atoms with Crippen LogP contribution >= 0.6 is 0 Å². The molecule has 1 rings (SSSR count). The zero-order valence-corrected chi connectivity index (χ0v) is 9.28. The van der Waals surface area contributed by atoms with Gasteiger partial charge in [-0.1, -0.05) is 0 Å². The van der Waals surface area contributed by atoms with Crippen LogP contribution in [0.3, 0.4) is 0 Å². The summed E-state index contributed by atoms with van der Waals surface area (Å²) in [7, 11) is 1.48. The summed E-state index contributed by atoms with van der Waals surface area (Å²) in [5, 5.41) is 28.1. The number of carbonyl (C=O) groups excluding carboxylic acids is 1. The number of carbonyl (C=O) groups is 1. The third kappa shape index (κ3) is 2.33. The van der Waals surface area contributed by atoms with Gasteiger partial charge in [-0.05, 0) is 0 Å². The Bertz CT molecular complexity index is 260. The molecular formula is C9H18N2O5. The van der Waals surface area contributed by atoms with E-state index >= 15 is 0 Å². The van der Waals surface area contributed by atoms with Crippen molar-refractivity contribution in [3.8, 4) is 0 Å². The number of nitrogens with two attached hydrogens (primary N) is 1. The van der Waals surface area contributed by atoms with E-state index in [1.807, 2.05) is 0 Å². The van der Waals surface area contributed by atoms with E-state index in [0.717, 1.165) is 0 Å². The van der Waals surface area contributed by atoms with Gasteiger partial charge in [0.1, 0.15) is 18.3 Å². The van der Waals surface area contributed by atoms with Gasteiger partial charge < -0.3 is 30.7 Å². The predicted molar refractivity (Wildman–Crippen MR) is 54.2 cm³/mol. The average molecular weight is 234 g/mol. The molecule has 0 aromatic heterocycles. The van der Waals surface area contributed by atoms with Gasteiger partial charge in [0.15, 0.2) is 6.23 Å². The number of nitrogens with zero attached hydrogens (tertiary/aromatic N) is 1. The molecule has 5 N–H and O–H groups in total. The Morgan fingerprint density at radius 1 is 1.44 bits per heavy atom. The van der Waals surface area contributed by atoms with Crippen molar-refractivity contribution in [3.63, 3.8) is 0 Å². The first-order valence-corrected chi connectivity index (χ1v) is 5.01. The molecule has 0 radical (unpaired) electrons. The summed E-state index contributed by atoms with van der Waals surface area (Å²) in [5.41, 5.74) is 5.66. The van der Waals surface area contributed by atoms with Gasteiger partial charge in [0.05, 0.1) is 12.6 Å². The number of rotatable bonds is 2. The molecular weight excluding hydrogens is 216 g/mol. The lowest BCUT2D eigenvalue weighted by Crippen LogP contribution is -2.66. The third-order valence-electron chi connectivity index (χ3n) is 2.83. The fraction of sp³-hybridized carbons (Fsp3) is 0.889. The van der Waals surface area contributed by atoms with Gasteiger partial charge >= 0.3 is 0 Å². The Morgan fingerprint density at radius 2 is 2.00 bits per heavy atom. The molecule has 0 bridgehead atoms. The molecule has 0 aromatic rings. The normalized spacial score (nSPS) is 39.5. The molecule has 94 valence electrons. The molecule has 0 aromatic carbocycles. The van der Waals surface area contributed by atoms with Crippen molar-refractivity contribution >= 4 is 5.91 Å². The fourth-order valence-electron chi connectivity index (χ4n) is 1.65. The van der Waals surface area contributed by atoms with Crippen LogP contribution in [0.25, 0.3) is 0 Å². The van der Waals surface area contributed by atoms with Crippen LogP contribution in [0.15, 0.2) is 0 Å². The van der Waals surface area contributed by atoms with Crippen molar-refractivity contribution < 1.29 is 24.9 Å². The quantitative estimate of drug-likeness (QED) is 0.411. The molecule has 16 heavy (non-hydrogen) atoms. The van der Waals surface area contributed by atoms with Crippen molar-refractivity contribution in [1.29, 1.82) is 0 Å². The van der Waals surface area contributed by atoms with Crippen LogP contribution in [0, 0.1) is 0 Å². The SMILES string of the molecule is CC(=O)N(C)C1OC(CO)C(O)C(O)C1N. The Morgan fingerprint density at radius 3 is 2.44 bits per heavy atom. The van der Waals surface area contributed by atoms with Crippen LogP contribution in [0.4, 0.5) is 0 Å². The molecule has 7 heteroatoms. The molecule has 0 spiro atoms. The minimum absolute atomic E-state index is 0.277. The Kier molecular flexibility index (Phi) is 4.22. The second kappa shape index (κ2) is 5.07. The highest BCUT2D eigenvalue weighted by atomic mass is 16.5. The van der Waals surface area contributed by atoms with E-state index in [0.29, 0.717) is 0 Å². The maximum absolute atomic E-state index is 11.2. The van der Waals surface area contributed by atoms with Crippen LogP contribution in [0.1, 0.15) is 6.92 Å². The van der Waals surface area contributed by atoms with E-state index in [4.69, 9.17) is 15.6 Å². The molecule has 1 heterocycles. The lowest BCUT2D eigenvalue weighted by Gasteiger charge is -2.43. The second-order valence-corrected chi connectivity index (χ2v) is 3.94. The topological polar surface area (TPSA) is 116 Å². The highest BCUT2D eigenvalue weighted by Crippen LogP contribution is 2.21. The van der Waals surface area contributed by atoms with Gasteiger partial charge in [-0.2, -0.15) is 0 Å². The van der Waals surface area contributed by atoms with Crippen LogP contribution in [0.5, 0.6) is 0 Å². The fourth-order valence-corrected chi connectivity index (χ4v) is 1.65. The van der Waals surface area contributed by atoms with Crippen LogP contribution in [-0.4, -0.2) is 70.4 Å². The van der Waals surface area contributed by atoms with Gasteiger partial charge in [0.25, 0.3) is 0 Å². The van der Waals surface area contributed by atoms with Crippen molar-refractivity contribution in [1.82, 2.24) is 4.90 Å². The van der Waals surface area contributed by atoms with Gasteiger partial charge in [0.2, 0.25) is 5.91 Å². The van der Waals surface area contributed by atoms with E-state index < -0.39 is 37.2 Å². The monoisotopic (exact) mass is 234 g/mol. The number of ether oxygens (including phenoxy) is 1. The van der Waals surface area contributed by atoms with E-state index in [2.05, 4.69) is 0 Å². The number of likely N-dealkylation sites (N-methyl/N-ethyl adjacent to an activating group) is 1. The molecule has 1 amide bonds. The molecule has 5 unspecified atom stereocenters. The lowest BCUT2D eigenvalue weighted by molar-refractivity contribution is -0.222. The molecule has 0 saturated carbocycles. The number of hydrogen-bond donors (Lipinski definition) is 4. The van der Waals surface area contributed by atoms with Crippen LogP contribution < -0.4 is 5.73 Å². The van der Waals surface area contributed by atoms with E-state index in [-0.39, 0.29) is 5.91 Å². The summed E-state index contributed by atoms with van der Waals surface area (Å²) in [4.78, 5) is 12.4. The zero-order valence-electron chi connectivity index (χ0n) is 9.28. The smallest absolute Gasteiger partial charge is 0.221 e. The largest absolute Gasteiger partial charge is 0.394 e. The summed E-state index contributed by atoms with van der Waals surface area (Å²) in [5.74, 6) is -0.277. The second-order valence-electron chi connectivity index (χ2n) is 3.94. The molecule has 1 aliphatic heterocycles. The molecule has 1 aliphatic rings. The summed E-state index contributed by atoms with van der Waals surface area (Å²) in [6, 6.07) is -0.910. The molecule has 1 fully saturated rings. The summed E-state index contributed by atoms with van der Waals surface area (Å²) < 4.78 is 5.27. The molecule has 7 nitrogen and oxygen atoms in total. The average Bonchev–Trinajstić information content (AvgIpc) is 2.25. The first kappa shape index (κ1) is 13.3. The Hall–Kier alpha value is -0.730. The first-order chi connectivity index (χ1) is 7.40. The maximum Gasteiger partial charge on any atom is 0.221 e. The van der Waals surface area contributed by atoms with Crippen LogP contribution in [0.2, 0.25) is 0 Å². The van der Waals surface area contributed by atoms with Gasteiger partial charge in [-0.25, -0.2) is 0 Å². The maximum atomic E-state index is 11.2. The number of aliphatic hydroxyl groups is 3. The number of amides is 1. The zero-order chi connectivity index (χ0) is 12.5.